The maximum Gasteiger partial charge on any atom is 0.339 e. The summed E-state index contributed by atoms with van der Waals surface area (Å²) < 4.78 is 29.3. The van der Waals surface area contributed by atoms with Crippen LogP contribution >= 0.6 is 7.60 Å². The second-order valence-electron chi connectivity index (χ2n) is 6.06. The van der Waals surface area contributed by atoms with Gasteiger partial charge in [0.2, 0.25) is 0 Å². The van der Waals surface area contributed by atoms with E-state index in [1.807, 2.05) is 13.8 Å². The third-order valence-electron chi connectivity index (χ3n) is 3.75. The Hall–Kier alpha value is 0.287. The van der Waals surface area contributed by atoms with E-state index in [9.17, 15) is 9.67 Å². The summed E-state index contributed by atoms with van der Waals surface area (Å²) >= 11 is 0. The van der Waals surface area contributed by atoms with Crippen LogP contribution < -0.4 is 0 Å². The SMILES string of the molecule is CCCC(C(O)OCC)([Si](C)(C)C)P(=O)(OCC)OCC. The lowest BCUT2D eigenvalue weighted by Crippen LogP contribution is -2.60. The zero-order valence-corrected chi connectivity index (χ0v) is 16.5. The van der Waals surface area contributed by atoms with Crippen LogP contribution in [0.5, 0.6) is 0 Å². The van der Waals surface area contributed by atoms with E-state index in [4.69, 9.17) is 13.8 Å². The minimum atomic E-state index is -3.50. The van der Waals surface area contributed by atoms with Gasteiger partial charge in [-0.25, -0.2) is 0 Å². The Kier molecular flexibility index (Phi) is 8.92. The van der Waals surface area contributed by atoms with Crippen LogP contribution in [0, 0.1) is 0 Å². The number of aliphatic hydroxyl groups excluding tert-OH is 1. The Bertz CT molecular complexity index is 335. The zero-order chi connectivity index (χ0) is 16.7. The molecule has 21 heavy (non-hydrogen) atoms. The number of hydrogen-bond donors (Lipinski definition) is 1. The van der Waals surface area contributed by atoms with Crippen molar-refractivity contribution in [2.24, 2.45) is 0 Å². The highest BCUT2D eigenvalue weighted by Gasteiger charge is 2.63. The highest BCUT2D eigenvalue weighted by molar-refractivity contribution is 7.59. The Morgan fingerprint density at radius 1 is 1.05 bits per heavy atom. The van der Waals surface area contributed by atoms with Crippen molar-refractivity contribution in [2.75, 3.05) is 19.8 Å². The van der Waals surface area contributed by atoms with E-state index in [0.29, 0.717) is 13.0 Å². The molecule has 0 fully saturated rings. The molecule has 0 aromatic rings. The van der Waals surface area contributed by atoms with E-state index in [2.05, 4.69) is 19.6 Å². The highest BCUT2D eigenvalue weighted by atomic mass is 31.2. The van der Waals surface area contributed by atoms with Gasteiger partial charge in [0.15, 0.2) is 6.29 Å². The first-order valence-electron chi connectivity index (χ1n) is 7.85. The quantitative estimate of drug-likeness (QED) is 0.349. The van der Waals surface area contributed by atoms with Gasteiger partial charge in [0.25, 0.3) is 0 Å². The van der Waals surface area contributed by atoms with Crippen LogP contribution in [0.3, 0.4) is 0 Å². The Balaban J connectivity index is 6.11. The van der Waals surface area contributed by atoms with Gasteiger partial charge in [0.05, 0.1) is 21.3 Å². The van der Waals surface area contributed by atoms with Crippen molar-refractivity contribution < 1.29 is 23.5 Å². The molecule has 0 aromatic carbocycles. The summed E-state index contributed by atoms with van der Waals surface area (Å²) in [5, 5.41) is 10.7. The fourth-order valence-corrected chi connectivity index (χ4v) is 10.4. The standard InChI is InChI=1S/C14H33O5PSi/c1-8-12-14(21(5,6)7,13(15)17-9-2)20(16,18-10-3)19-11-4/h13,15H,8-12H2,1-7H3. The molecule has 0 heterocycles. The predicted molar refractivity (Wildman–Crippen MR) is 89.5 cm³/mol. The van der Waals surface area contributed by atoms with Gasteiger partial charge in [-0.05, 0) is 27.2 Å². The summed E-state index contributed by atoms with van der Waals surface area (Å²) in [6.45, 7) is 14.6. The normalized spacial score (nSPS) is 17.5. The van der Waals surface area contributed by atoms with Gasteiger partial charge in [-0.15, -0.1) is 0 Å². The molecule has 0 rings (SSSR count). The fourth-order valence-electron chi connectivity index (χ4n) is 2.84. The second-order valence-corrected chi connectivity index (χ2v) is 14.2. The van der Waals surface area contributed by atoms with E-state index < -0.39 is 26.7 Å². The molecular weight excluding hydrogens is 307 g/mol. The smallest absolute Gasteiger partial charge is 0.339 e. The first kappa shape index (κ1) is 21.3. The summed E-state index contributed by atoms with van der Waals surface area (Å²) in [4.78, 5) is 0. The zero-order valence-electron chi connectivity index (χ0n) is 14.6. The topological polar surface area (TPSA) is 65.0 Å². The van der Waals surface area contributed by atoms with Gasteiger partial charge in [0, 0.05) is 6.61 Å². The van der Waals surface area contributed by atoms with Gasteiger partial charge in [-0.2, -0.15) is 0 Å². The van der Waals surface area contributed by atoms with Crippen molar-refractivity contribution in [1.82, 2.24) is 0 Å². The van der Waals surface area contributed by atoms with E-state index in [-0.39, 0.29) is 13.2 Å². The van der Waals surface area contributed by atoms with Gasteiger partial charge >= 0.3 is 7.60 Å². The molecule has 0 aromatic heterocycles. The minimum absolute atomic E-state index is 0.284. The molecule has 0 saturated heterocycles. The second kappa shape index (κ2) is 8.80. The van der Waals surface area contributed by atoms with Crippen molar-refractivity contribution in [3.8, 4) is 0 Å². The summed E-state index contributed by atoms with van der Waals surface area (Å²) in [7, 11) is -5.65. The molecule has 0 amide bonds. The molecule has 2 atom stereocenters. The highest BCUT2D eigenvalue weighted by Crippen LogP contribution is 2.66. The van der Waals surface area contributed by atoms with E-state index in [1.165, 1.54) is 0 Å². The lowest BCUT2D eigenvalue weighted by atomic mass is 10.2. The molecule has 128 valence electrons. The number of ether oxygens (including phenoxy) is 1. The van der Waals surface area contributed by atoms with E-state index in [0.717, 1.165) is 6.42 Å². The Morgan fingerprint density at radius 2 is 1.52 bits per heavy atom. The number of rotatable bonds is 11. The molecule has 2 unspecified atom stereocenters. The molecule has 1 N–H and O–H groups in total. The minimum Gasteiger partial charge on any atom is -0.367 e. The predicted octanol–water partition coefficient (Wildman–Crippen LogP) is 4.02. The van der Waals surface area contributed by atoms with Crippen molar-refractivity contribution >= 4 is 15.7 Å². The largest absolute Gasteiger partial charge is 0.367 e. The molecule has 0 spiro atoms. The van der Waals surface area contributed by atoms with Gasteiger partial charge in [-0.3, -0.25) is 4.57 Å². The third-order valence-corrected chi connectivity index (χ3v) is 12.3. The van der Waals surface area contributed by atoms with Gasteiger partial charge in [-0.1, -0.05) is 33.0 Å². The van der Waals surface area contributed by atoms with Crippen molar-refractivity contribution in [1.29, 1.82) is 0 Å². The van der Waals surface area contributed by atoms with Crippen molar-refractivity contribution in [2.45, 2.75) is 71.2 Å². The monoisotopic (exact) mass is 340 g/mol. The first-order chi connectivity index (χ1) is 9.66. The average molecular weight is 340 g/mol. The molecule has 0 aliphatic heterocycles. The lowest BCUT2D eigenvalue weighted by molar-refractivity contribution is -0.112. The van der Waals surface area contributed by atoms with Crippen molar-refractivity contribution in [3.63, 3.8) is 0 Å². The molecule has 0 aliphatic rings. The molecule has 0 saturated carbocycles. The average Bonchev–Trinajstić information content (AvgIpc) is 2.34. The van der Waals surface area contributed by atoms with Crippen LogP contribution in [0.4, 0.5) is 0 Å². The molecule has 7 heteroatoms. The van der Waals surface area contributed by atoms with E-state index >= 15 is 0 Å². The number of aliphatic hydroxyl groups is 1. The molecule has 0 aliphatic carbocycles. The van der Waals surface area contributed by atoms with Crippen LogP contribution in [0.25, 0.3) is 0 Å². The summed E-state index contributed by atoms with van der Waals surface area (Å²) in [6, 6.07) is 0. The third kappa shape index (κ3) is 4.40. The maximum absolute atomic E-state index is 13.5. The summed E-state index contributed by atoms with van der Waals surface area (Å²) in [5.41, 5.74) is 0. The van der Waals surface area contributed by atoms with E-state index in [1.54, 1.807) is 13.8 Å². The first-order valence-corrected chi connectivity index (χ1v) is 12.9. The van der Waals surface area contributed by atoms with Gasteiger partial charge < -0.3 is 18.9 Å². The lowest BCUT2D eigenvalue weighted by Gasteiger charge is -2.48. The Morgan fingerprint density at radius 3 is 1.81 bits per heavy atom. The summed E-state index contributed by atoms with van der Waals surface area (Å²) in [6.07, 6.45) is 0.192. The van der Waals surface area contributed by atoms with Crippen LogP contribution in [-0.2, 0) is 18.3 Å². The molecule has 0 radical (unpaired) electrons. The molecule has 5 nitrogen and oxygen atoms in total. The van der Waals surface area contributed by atoms with Gasteiger partial charge in [0.1, 0.15) is 4.78 Å². The van der Waals surface area contributed by atoms with Crippen LogP contribution in [0.1, 0.15) is 40.5 Å². The fraction of sp³-hybridized carbons (Fsp3) is 1.00. The van der Waals surface area contributed by atoms with Crippen LogP contribution in [-0.4, -0.2) is 44.1 Å². The maximum atomic E-state index is 13.5. The molecule has 0 bridgehead atoms. The van der Waals surface area contributed by atoms with Crippen molar-refractivity contribution in [3.05, 3.63) is 0 Å². The molecular formula is C14H33O5PSi. The van der Waals surface area contributed by atoms with Crippen LogP contribution in [0.15, 0.2) is 0 Å². The van der Waals surface area contributed by atoms with Crippen LogP contribution in [0.2, 0.25) is 19.6 Å². The summed E-state index contributed by atoms with van der Waals surface area (Å²) in [5.74, 6) is 0. The number of hydrogen-bond acceptors (Lipinski definition) is 5. The Labute approximate surface area is 130 Å².